The number of benzene rings is 2. The molecule has 0 saturated heterocycles. The van der Waals surface area contributed by atoms with E-state index < -0.39 is 0 Å². The van der Waals surface area contributed by atoms with Gasteiger partial charge in [-0.15, -0.1) is 0 Å². The molecule has 0 aliphatic rings. The fraction of sp³-hybridized carbons (Fsp3) is 0.300. The molecule has 25 heavy (non-hydrogen) atoms. The molecule has 2 aromatic rings. The Kier molecular flexibility index (Phi) is 6.71. The first-order chi connectivity index (χ1) is 12.0. The average molecular weight is 339 g/mol. The van der Waals surface area contributed by atoms with E-state index in [1.54, 1.807) is 38.4 Å². The maximum Gasteiger partial charge on any atom is 0.253 e. The van der Waals surface area contributed by atoms with Crippen molar-refractivity contribution in [3.8, 4) is 0 Å². The molecule has 1 atom stereocenters. The second-order valence-electron chi connectivity index (χ2n) is 6.08. The SMILES string of the molecule is CCC(NCC(=O)Nc1cccc(C(=O)N(C)C)c1)c1ccccc1. The Morgan fingerprint density at radius 1 is 1.04 bits per heavy atom. The summed E-state index contributed by atoms with van der Waals surface area (Å²) in [6.45, 7) is 2.29. The van der Waals surface area contributed by atoms with Crippen molar-refractivity contribution in [1.82, 2.24) is 10.2 Å². The number of carbonyl (C=O) groups is 2. The van der Waals surface area contributed by atoms with Crippen molar-refractivity contribution >= 4 is 17.5 Å². The van der Waals surface area contributed by atoms with E-state index in [1.807, 2.05) is 18.2 Å². The monoisotopic (exact) mass is 339 g/mol. The average Bonchev–Trinajstić information content (AvgIpc) is 2.62. The van der Waals surface area contributed by atoms with Gasteiger partial charge in [0.05, 0.1) is 6.54 Å². The Balaban J connectivity index is 1.94. The zero-order valence-corrected chi connectivity index (χ0v) is 15.0. The number of nitrogens with one attached hydrogen (secondary N) is 2. The van der Waals surface area contributed by atoms with Gasteiger partial charge >= 0.3 is 0 Å². The lowest BCUT2D eigenvalue weighted by Gasteiger charge is -2.17. The van der Waals surface area contributed by atoms with Crippen LogP contribution in [0.2, 0.25) is 0 Å². The second-order valence-corrected chi connectivity index (χ2v) is 6.08. The summed E-state index contributed by atoms with van der Waals surface area (Å²) in [7, 11) is 3.40. The number of hydrogen-bond acceptors (Lipinski definition) is 3. The molecule has 0 aliphatic heterocycles. The lowest BCUT2D eigenvalue weighted by molar-refractivity contribution is -0.115. The quantitative estimate of drug-likeness (QED) is 0.815. The van der Waals surface area contributed by atoms with Crippen molar-refractivity contribution in [1.29, 1.82) is 0 Å². The molecule has 0 fully saturated rings. The topological polar surface area (TPSA) is 61.4 Å². The lowest BCUT2D eigenvalue weighted by atomic mass is 10.0. The molecule has 2 rings (SSSR count). The highest BCUT2D eigenvalue weighted by Gasteiger charge is 2.12. The van der Waals surface area contributed by atoms with Crippen molar-refractivity contribution < 1.29 is 9.59 Å². The van der Waals surface area contributed by atoms with Crippen LogP contribution in [-0.4, -0.2) is 37.4 Å². The van der Waals surface area contributed by atoms with Crippen molar-refractivity contribution in [2.75, 3.05) is 26.0 Å². The standard InChI is InChI=1S/C20H25N3O2/c1-4-18(15-9-6-5-7-10-15)21-14-19(24)22-17-12-8-11-16(13-17)20(25)23(2)3/h5-13,18,21H,4,14H2,1-3H3,(H,22,24). The first-order valence-corrected chi connectivity index (χ1v) is 8.41. The molecule has 0 heterocycles. The molecule has 2 N–H and O–H groups in total. The zero-order chi connectivity index (χ0) is 18.2. The number of anilines is 1. The van der Waals surface area contributed by atoms with Crippen molar-refractivity contribution in [3.05, 3.63) is 65.7 Å². The van der Waals surface area contributed by atoms with Crippen LogP contribution in [0.25, 0.3) is 0 Å². The van der Waals surface area contributed by atoms with Crippen LogP contribution in [0.4, 0.5) is 5.69 Å². The molecule has 2 aromatic carbocycles. The molecule has 0 spiro atoms. The molecule has 0 aromatic heterocycles. The van der Waals surface area contributed by atoms with Gasteiger partial charge in [0.25, 0.3) is 5.91 Å². The maximum atomic E-state index is 12.2. The lowest BCUT2D eigenvalue weighted by Crippen LogP contribution is -2.31. The summed E-state index contributed by atoms with van der Waals surface area (Å²) in [4.78, 5) is 25.7. The minimum Gasteiger partial charge on any atom is -0.345 e. The molecular formula is C20H25N3O2. The third-order valence-corrected chi connectivity index (χ3v) is 3.92. The van der Waals surface area contributed by atoms with Crippen LogP contribution in [0.3, 0.4) is 0 Å². The molecule has 2 amide bonds. The van der Waals surface area contributed by atoms with Crippen LogP contribution < -0.4 is 10.6 Å². The summed E-state index contributed by atoms with van der Waals surface area (Å²) < 4.78 is 0. The molecular weight excluding hydrogens is 314 g/mol. The molecule has 132 valence electrons. The van der Waals surface area contributed by atoms with Gasteiger partial charge in [-0.25, -0.2) is 0 Å². The van der Waals surface area contributed by atoms with Crippen molar-refractivity contribution in [2.24, 2.45) is 0 Å². The fourth-order valence-corrected chi connectivity index (χ4v) is 2.59. The van der Waals surface area contributed by atoms with Gasteiger partial charge in [0.2, 0.25) is 5.91 Å². The zero-order valence-electron chi connectivity index (χ0n) is 15.0. The summed E-state index contributed by atoms with van der Waals surface area (Å²) in [6, 6.07) is 17.2. The van der Waals surface area contributed by atoms with E-state index in [4.69, 9.17) is 0 Å². The van der Waals surface area contributed by atoms with Gasteiger partial charge in [-0.05, 0) is 30.2 Å². The number of nitrogens with zero attached hydrogens (tertiary/aromatic N) is 1. The Morgan fingerprint density at radius 3 is 2.40 bits per heavy atom. The highest BCUT2D eigenvalue weighted by Crippen LogP contribution is 2.16. The summed E-state index contributed by atoms with van der Waals surface area (Å²) in [5.41, 5.74) is 2.33. The first-order valence-electron chi connectivity index (χ1n) is 8.41. The predicted molar refractivity (Wildman–Crippen MR) is 101 cm³/mol. The Morgan fingerprint density at radius 2 is 1.76 bits per heavy atom. The van der Waals surface area contributed by atoms with E-state index in [1.165, 1.54) is 4.90 Å². The Labute approximate surface area is 149 Å². The van der Waals surface area contributed by atoms with E-state index >= 15 is 0 Å². The molecule has 1 unspecified atom stereocenters. The molecule has 0 saturated carbocycles. The molecule has 5 heteroatoms. The van der Waals surface area contributed by atoms with Crippen LogP contribution in [0.1, 0.15) is 35.3 Å². The van der Waals surface area contributed by atoms with Crippen LogP contribution in [0.5, 0.6) is 0 Å². The normalized spacial score (nSPS) is 11.6. The highest BCUT2D eigenvalue weighted by atomic mass is 16.2. The van der Waals surface area contributed by atoms with E-state index in [-0.39, 0.29) is 24.4 Å². The smallest absolute Gasteiger partial charge is 0.253 e. The second kappa shape index (κ2) is 8.99. The summed E-state index contributed by atoms with van der Waals surface area (Å²) >= 11 is 0. The Bertz CT molecular complexity index is 714. The van der Waals surface area contributed by atoms with Gasteiger partial charge in [-0.3, -0.25) is 9.59 Å². The molecule has 0 radical (unpaired) electrons. The summed E-state index contributed by atoms with van der Waals surface area (Å²) in [6.07, 6.45) is 0.893. The van der Waals surface area contributed by atoms with E-state index in [0.29, 0.717) is 11.3 Å². The van der Waals surface area contributed by atoms with Gasteiger partial charge in [-0.1, -0.05) is 43.3 Å². The van der Waals surface area contributed by atoms with Crippen LogP contribution in [0.15, 0.2) is 54.6 Å². The van der Waals surface area contributed by atoms with E-state index in [9.17, 15) is 9.59 Å². The maximum absolute atomic E-state index is 12.2. The van der Waals surface area contributed by atoms with Gasteiger partial charge in [0.1, 0.15) is 0 Å². The van der Waals surface area contributed by atoms with Crippen molar-refractivity contribution in [2.45, 2.75) is 19.4 Å². The minimum atomic E-state index is -0.135. The number of rotatable bonds is 7. The van der Waals surface area contributed by atoms with E-state index in [0.717, 1.165) is 12.0 Å². The van der Waals surface area contributed by atoms with Gasteiger partial charge in [0, 0.05) is 31.4 Å². The first kappa shape index (κ1) is 18.7. The largest absolute Gasteiger partial charge is 0.345 e. The Hall–Kier alpha value is -2.66. The predicted octanol–water partition coefficient (Wildman–Crippen LogP) is 3.07. The molecule has 5 nitrogen and oxygen atoms in total. The van der Waals surface area contributed by atoms with Crippen LogP contribution in [-0.2, 0) is 4.79 Å². The number of amides is 2. The summed E-state index contributed by atoms with van der Waals surface area (Å²) in [5, 5.41) is 6.11. The number of carbonyl (C=O) groups excluding carboxylic acids is 2. The third-order valence-electron chi connectivity index (χ3n) is 3.92. The third kappa shape index (κ3) is 5.43. The number of hydrogen-bond donors (Lipinski definition) is 2. The fourth-order valence-electron chi connectivity index (χ4n) is 2.59. The van der Waals surface area contributed by atoms with E-state index in [2.05, 4.69) is 29.7 Å². The van der Waals surface area contributed by atoms with Crippen LogP contribution in [0, 0.1) is 0 Å². The molecule has 0 aliphatic carbocycles. The van der Waals surface area contributed by atoms with Gasteiger partial charge in [-0.2, -0.15) is 0 Å². The van der Waals surface area contributed by atoms with Crippen molar-refractivity contribution in [3.63, 3.8) is 0 Å². The van der Waals surface area contributed by atoms with Crippen LogP contribution >= 0.6 is 0 Å². The summed E-state index contributed by atoms with van der Waals surface area (Å²) in [5.74, 6) is -0.229. The van der Waals surface area contributed by atoms with Gasteiger partial charge in [0.15, 0.2) is 0 Å². The minimum absolute atomic E-state index is 0.0932. The highest BCUT2D eigenvalue weighted by molar-refractivity contribution is 5.97. The molecule has 0 bridgehead atoms. The van der Waals surface area contributed by atoms with Gasteiger partial charge < -0.3 is 15.5 Å².